The molecule has 0 saturated carbocycles. The molecule has 0 aliphatic carbocycles. The van der Waals surface area contributed by atoms with Crippen LogP contribution in [0.2, 0.25) is 0 Å². The molecule has 1 aromatic rings. The van der Waals surface area contributed by atoms with E-state index in [0.29, 0.717) is 13.0 Å². The third-order valence-corrected chi connectivity index (χ3v) is 2.75. The van der Waals surface area contributed by atoms with Crippen molar-refractivity contribution in [2.24, 2.45) is 0 Å². The molecule has 0 amide bonds. The van der Waals surface area contributed by atoms with Gasteiger partial charge in [-0.05, 0) is 24.3 Å². The molecular weight excluding hydrogens is 222 g/mol. The fourth-order valence-electron chi connectivity index (χ4n) is 1.83. The van der Waals surface area contributed by atoms with E-state index in [1.807, 2.05) is 24.3 Å². The van der Waals surface area contributed by atoms with Crippen molar-refractivity contribution in [3.05, 3.63) is 24.3 Å². The molecule has 17 heavy (non-hydrogen) atoms. The van der Waals surface area contributed by atoms with Crippen LogP contribution in [0.3, 0.4) is 0 Å². The Morgan fingerprint density at radius 1 is 1.35 bits per heavy atom. The minimum atomic E-state index is -0.828. The van der Waals surface area contributed by atoms with Crippen molar-refractivity contribution in [1.82, 2.24) is 5.32 Å². The fourth-order valence-corrected chi connectivity index (χ4v) is 1.83. The first kappa shape index (κ1) is 11.7. The molecule has 1 aliphatic rings. The van der Waals surface area contributed by atoms with E-state index in [1.54, 1.807) is 7.11 Å². The molecular formula is C12H15NO4. The molecule has 1 saturated heterocycles. The molecule has 2 rings (SSSR count). The number of carbonyl (C=O) groups is 1. The quantitative estimate of drug-likeness (QED) is 0.814. The number of aliphatic carboxylic acids is 1. The molecule has 92 valence electrons. The Bertz CT molecular complexity index is 390. The van der Waals surface area contributed by atoms with E-state index in [1.165, 1.54) is 0 Å². The Morgan fingerprint density at radius 2 is 2.00 bits per heavy atom. The second-order valence-electron chi connectivity index (χ2n) is 3.95. The van der Waals surface area contributed by atoms with Crippen LogP contribution in [0.15, 0.2) is 24.3 Å². The SMILES string of the molecule is COc1ccc(O[C@@H]2CN[C@H](C(=O)O)C2)cc1. The van der Waals surface area contributed by atoms with Crippen molar-refractivity contribution >= 4 is 5.97 Å². The van der Waals surface area contributed by atoms with Gasteiger partial charge in [0.15, 0.2) is 0 Å². The van der Waals surface area contributed by atoms with Crippen LogP contribution in [0.5, 0.6) is 11.5 Å². The zero-order valence-electron chi connectivity index (χ0n) is 9.55. The lowest BCUT2D eigenvalue weighted by molar-refractivity contribution is -0.139. The zero-order chi connectivity index (χ0) is 12.3. The normalized spacial score (nSPS) is 23.4. The summed E-state index contributed by atoms with van der Waals surface area (Å²) in [6, 6.07) is 6.75. The molecule has 1 fully saturated rings. The maximum Gasteiger partial charge on any atom is 0.320 e. The Hall–Kier alpha value is -1.75. The van der Waals surface area contributed by atoms with Gasteiger partial charge in [0.05, 0.1) is 7.11 Å². The monoisotopic (exact) mass is 237 g/mol. The van der Waals surface area contributed by atoms with Gasteiger partial charge in [-0.3, -0.25) is 4.79 Å². The Labute approximate surface area is 99.3 Å². The van der Waals surface area contributed by atoms with Crippen LogP contribution < -0.4 is 14.8 Å². The molecule has 5 nitrogen and oxygen atoms in total. The van der Waals surface area contributed by atoms with E-state index in [4.69, 9.17) is 14.6 Å². The molecule has 0 unspecified atom stereocenters. The van der Waals surface area contributed by atoms with Crippen molar-refractivity contribution in [2.45, 2.75) is 18.6 Å². The molecule has 0 aromatic heterocycles. The highest BCUT2D eigenvalue weighted by atomic mass is 16.5. The number of carboxylic acids is 1. The molecule has 0 bridgehead atoms. The van der Waals surface area contributed by atoms with E-state index < -0.39 is 12.0 Å². The Morgan fingerprint density at radius 3 is 2.53 bits per heavy atom. The zero-order valence-corrected chi connectivity index (χ0v) is 9.55. The molecule has 5 heteroatoms. The highest BCUT2D eigenvalue weighted by Gasteiger charge is 2.30. The Kier molecular flexibility index (Phi) is 3.49. The number of methoxy groups -OCH3 is 1. The lowest BCUT2D eigenvalue weighted by atomic mass is 10.2. The molecule has 1 aliphatic heterocycles. The van der Waals surface area contributed by atoms with Crippen molar-refractivity contribution in [1.29, 1.82) is 0 Å². The van der Waals surface area contributed by atoms with Crippen LogP contribution in [0, 0.1) is 0 Å². The summed E-state index contributed by atoms with van der Waals surface area (Å²) in [4.78, 5) is 10.7. The minimum Gasteiger partial charge on any atom is -0.497 e. The van der Waals surface area contributed by atoms with Crippen LogP contribution in [-0.2, 0) is 4.79 Å². The molecule has 2 atom stereocenters. The van der Waals surface area contributed by atoms with Crippen LogP contribution in [0.1, 0.15) is 6.42 Å². The van der Waals surface area contributed by atoms with Gasteiger partial charge in [-0.1, -0.05) is 0 Å². The number of rotatable bonds is 4. The first-order chi connectivity index (χ1) is 8.19. The number of hydrogen-bond acceptors (Lipinski definition) is 4. The third kappa shape index (κ3) is 2.88. The van der Waals surface area contributed by atoms with Gasteiger partial charge < -0.3 is 19.9 Å². The predicted octanol–water partition coefficient (Wildman–Crippen LogP) is 0.889. The van der Waals surface area contributed by atoms with E-state index in [2.05, 4.69) is 5.32 Å². The average Bonchev–Trinajstić information content (AvgIpc) is 2.79. The molecule has 0 spiro atoms. The van der Waals surface area contributed by atoms with Crippen molar-refractivity contribution in [3.63, 3.8) is 0 Å². The van der Waals surface area contributed by atoms with Gasteiger partial charge in [0, 0.05) is 13.0 Å². The minimum absolute atomic E-state index is 0.0931. The van der Waals surface area contributed by atoms with Crippen LogP contribution >= 0.6 is 0 Å². The fraction of sp³-hybridized carbons (Fsp3) is 0.417. The number of benzene rings is 1. The van der Waals surface area contributed by atoms with E-state index in [9.17, 15) is 4.79 Å². The van der Waals surface area contributed by atoms with Crippen LogP contribution in [-0.4, -0.2) is 36.9 Å². The van der Waals surface area contributed by atoms with Gasteiger partial charge in [0.2, 0.25) is 0 Å². The summed E-state index contributed by atoms with van der Waals surface area (Å²) in [5, 5.41) is 11.7. The standard InChI is InChI=1S/C12H15NO4/c1-16-8-2-4-9(5-3-8)17-10-6-11(12(14)15)13-7-10/h2-5,10-11,13H,6-7H2,1H3,(H,14,15)/t10-,11-/m0/s1. The smallest absolute Gasteiger partial charge is 0.320 e. The topological polar surface area (TPSA) is 67.8 Å². The lowest BCUT2D eigenvalue weighted by Gasteiger charge is -2.12. The predicted molar refractivity (Wildman–Crippen MR) is 61.5 cm³/mol. The maximum absolute atomic E-state index is 10.7. The molecule has 1 heterocycles. The maximum atomic E-state index is 10.7. The van der Waals surface area contributed by atoms with Gasteiger partial charge in [-0.2, -0.15) is 0 Å². The van der Waals surface area contributed by atoms with E-state index >= 15 is 0 Å². The summed E-state index contributed by atoms with van der Waals surface area (Å²) >= 11 is 0. The van der Waals surface area contributed by atoms with E-state index in [0.717, 1.165) is 11.5 Å². The van der Waals surface area contributed by atoms with Crippen molar-refractivity contribution in [2.75, 3.05) is 13.7 Å². The molecule has 0 radical (unpaired) electrons. The number of nitrogens with one attached hydrogen (secondary N) is 1. The Balaban J connectivity index is 1.91. The average molecular weight is 237 g/mol. The number of ether oxygens (including phenoxy) is 2. The lowest BCUT2D eigenvalue weighted by Crippen LogP contribution is -2.30. The number of carboxylic acid groups (broad SMARTS) is 1. The summed E-state index contributed by atoms with van der Waals surface area (Å²) in [6.07, 6.45) is 0.394. The summed E-state index contributed by atoms with van der Waals surface area (Å²) in [5.74, 6) is 0.666. The van der Waals surface area contributed by atoms with Crippen LogP contribution in [0.4, 0.5) is 0 Å². The second-order valence-corrected chi connectivity index (χ2v) is 3.95. The second kappa shape index (κ2) is 5.05. The van der Waals surface area contributed by atoms with E-state index in [-0.39, 0.29) is 6.10 Å². The van der Waals surface area contributed by atoms with Crippen molar-refractivity contribution in [3.8, 4) is 11.5 Å². The molecule has 2 N–H and O–H groups in total. The highest BCUT2D eigenvalue weighted by Crippen LogP contribution is 2.20. The summed E-state index contributed by atoms with van der Waals surface area (Å²) in [6.45, 7) is 0.559. The summed E-state index contributed by atoms with van der Waals surface area (Å²) < 4.78 is 10.7. The van der Waals surface area contributed by atoms with Crippen LogP contribution in [0.25, 0.3) is 0 Å². The largest absolute Gasteiger partial charge is 0.497 e. The first-order valence-electron chi connectivity index (χ1n) is 5.46. The van der Waals surface area contributed by atoms with Crippen molar-refractivity contribution < 1.29 is 19.4 Å². The molecule has 1 aromatic carbocycles. The summed E-state index contributed by atoms with van der Waals surface area (Å²) in [7, 11) is 1.61. The van der Waals surface area contributed by atoms with Gasteiger partial charge in [-0.25, -0.2) is 0 Å². The van der Waals surface area contributed by atoms with Gasteiger partial charge >= 0.3 is 5.97 Å². The highest BCUT2D eigenvalue weighted by molar-refractivity contribution is 5.73. The van der Waals surface area contributed by atoms with Gasteiger partial charge in [0.25, 0.3) is 0 Å². The summed E-state index contributed by atoms with van der Waals surface area (Å²) in [5.41, 5.74) is 0. The first-order valence-corrected chi connectivity index (χ1v) is 5.46. The third-order valence-electron chi connectivity index (χ3n) is 2.75. The number of hydrogen-bond donors (Lipinski definition) is 2. The van der Waals surface area contributed by atoms with Gasteiger partial charge in [-0.15, -0.1) is 0 Å². The van der Waals surface area contributed by atoms with Gasteiger partial charge in [0.1, 0.15) is 23.6 Å².